The maximum atomic E-state index is 12.9. The van der Waals surface area contributed by atoms with Gasteiger partial charge in [0.1, 0.15) is 0 Å². The van der Waals surface area contributed by atoms with E-state index in [2.05, 4.69) is 0 Å². The third-order valence-corrected chi connectivity index (χ3v) is 3.41. The molecule has 0 spiro atoms. The van der Waals surface area contributed by atoms with Crippen molar-refractivity contribution in [2.24, 2.45) is 0 Å². The van der Waals surface area contributed by atoms with Crippen molar-refractivity contribution in [3.05, 3.63) is 29.3 Å². The first-order valence-corrected chi connectivity index (χ1v) is 5.91. The molecule has 104 valence electrons. The fourth-order valence-corrected chi connectivity index (χ4v) is 2.40. The van der Waals surface area contributed by atoms with E-state index < -0.39 is 24.5 Å². The van der Waals surface area contributed by atoms with Gasteiger partial charge in [0.2, 0.25) is 0 Å². The number of fused-ring (bicyclic) bond motifs is 1. The minimum Gasteiger partial charge on any atom is -0.481 e. The Morgan fingerprint density at radius 2 is 2.16 bits per heavy atom. The lowest BCUT2D eigenvalue weighted by molar-refractivity contribution is -0.163. The molecular weight excluding hydrogens is 259 g/mol. The molecule has 1 unspecified atom stereocenters. The van der Waals surface area contributed by atoms with Crippen molar-refractivity contribution < 1.29 is 23.1 Å². The van der Waals surface area contributed by atoms with Crippen LogP contribution in [0, 0.1) is 0 Å². The van der Waals surface area contributed by atoms with Crippen molar-refractivity contribution in [3.63, 3.8) is 0 Å². The van der Waals surface area contributed by atoms with Gasteiger partial charge >= 0.3 is 12.1 Å². The zero-order valence-electron chi connectivity index (χ0n) is 10.4. The predicted octanol–water partition coefficient (Wildman–Crippen LogP) is 2.80. The van der Waals surface area contributed by atoms with Crippen molar-refractivity contribution in [2.75, 3.05) is 18.5 Å². The maximum absolute atomic E-state index is 12.9. The topological polar surface area (TPSA) is 40.5 Å². The van der Waals surface area contributed by atoms with Crippen LogP contribution in [0.1, 0.15) is 23.5 Å². The van der Waals surface area contributed by atoms with E-state index in [1.54, 1.807) is 6.07 Å². The van der Waals surface area contributed by atoms with E-state index >= 15 is 0 Å². The summed E-state index contributed by atoms with van der Waals surface area (Å²) in [6.45, 7) is 0.772. The molecule has 1 aromatic rings. The first-order valence-electron chi connectivity index (χ1n) is 5.91. The van der Waals surface area contributed by atoms with Crippen LogP contribution in [0.15, 0.2) is 18.2 Å². The Morgan fingerprint density at radius 1 is 1.47 bits per heavy atom. The van der Waals surface area contributed by atoms with Crippen LogP contribution >= 0.6 is 0 Å². The largest absolute Gasteiger partial charge is 0.481 e. The Morgan fingerprint density at radius 3 is 2.74 bits per heavy atom. The Balaban J connectivity index is 2.35. The van der Waals surface area contributed by atoms with E-state index in [9.17, 15) is 18.0 Å². The molecule has 3 nitrogen and oxygen atoms in total. The highest BCUT2D eigenvalue weighted by atomic mass is 19.4. The van der Waals surface area contributed by atoms with Gasteiger partial charge in [0, 0.05) is 19.3 Å². The molecular formula is C13H14F3NO2. The summed E-state index contributed by atoms with van der Waals surface area (Å²) in [5.41, 5.74) is 1.79. The van der Waals surface area contributed by atoms with Gasteiger partial charge in [-0.3, -0.25) is 4.79 Å². The van der Waals surface area contributed by atoms with Crippen LogP contribution in [-0.2, 0) is 11.2 Å². The van der Waals surface area contributed by atoms with Gasteiger partial charge in [-0.1, -0.05) is 12.1 Å². The highest BCUT2D eigenvalue weighted by Gasteiger charge is 2.42. The van der Waals surface area contributed by atoms with E-state index in [-0.39, 0.29) is 5.56 Å². The standard InChI is InChI=1S/C13H14F3NO2/c1-17-5-4-9-6-8(2-3-11(9)17)10(7-12(18)19)13(14,15)16/h2-3,6,10H,4-5,7H2,1H3,(H,18,19). The Hall–Kier alpha value is -1.72. The number of carbonyl (C=O) groups is 1. The first kappa shape index (κ1) is 13.7. The van der Waals surface area contributed by atoms with Gasteiger partial charge in [0.05, 0.1) is 12.3 Å². The number of hydrogen-bond acceptors (Lipinski definition) is 2. The second kappa shape index (κ2) is 4.75. The van der Waals surface area contributed by atoms with E-state index in [1.807, 2.05) is 11.9 Å². The third-order valence-electron chi connectivity index (χ3n) is 3.41. The summed E-state index contributed by atoms with van der Waals surface area (Å²) in [7, 11) is 1.88. The summed E-state index contributed by atoms with van der Waals surface area (Å²) in [5, 5.41) is 8.64. The Labute approximate surface area is 108 Å². The molecule has 0 fully saturated rings. The molecule has 0 amide bonds. The maximum Gasteiger partial charge on any atom is 0.396 e. The molecule has 0 radical (unpaired) electrons. The van der Waals surface area contributed by atoms with Crippen molar-refractivity contribution in [1.82, 2.24) is 0 Å². The molecule has 1 aromatic carbocycles. The molecule has 1 atom stereocenters. The number of halogens is 3. The molecule has 0 aliphatic carbocycles. The van der Waals surface area contributed by atoms with Crippen molar-refractivity contribution in [1.29, 1.82) is 0 Å². The van der Waals surface area contributed by atoms with Crippen LogP contribution in [0.2, 0.25) is 0 Å². The number of carboxylic acids is 1. The van der Waals surface area contributed by atoms with Crippen molar-refractivity contribution in [2.45, 2.75) is 24.9 Å². The van der Waals surface area contributed by atoms with Gasteiger partial charge in [0.15, 0.2) is 0 Å². The fraction of sp³-hybridized carbons (Fsp3) is 0.462. The minimum absolute atomic E-state index is 0.0314. The number of carboxylic acid groups (broad SMARTS) is 1. The van der Waals surface area contributed by atoms with Crippen LogP contribution in [-0.4, -0.2) is 30.8 Å². The molecule has 0 saturated heterocycles. The number of hydrogen-bond donors (Lipinski definition) is 1. The highest BCUT2D eigenvalue weighted by Crippen LogP contribution is 2.39. The van der Waals surface area contributed by atoms with Gasteiger partial charge in [-0.05, 0) is 23.6 Å². The number of anilines is 1. The summed E-state index contributed by atoms with van der Waals surface area (Å²) < 4.78 is 38.8. The average molecular weight is 273 g/mol. The van der Waals surface area contributed by atoms with Crippen LogP contribution in [0.3, 0.4) is 0 Å². The molecule has 6 heteroatoms. The molecule has 0 saturated carbocycles. The Bertz CT molecular complexity index is 499. The molecule has 1 N–H and O–H groups in total. The van der Waals surface area contributed by atoms with Gasteiger partial charge in [-0.15, -0.1) is 0 Å². The number of likely N-dealkylation sites (N-methyl/N-ethyl adjacent to an activating group) is 1. The lowest BCUT2D eigenvalue weighted by Gasteiger charge is -2.20. The van der Waals surface area contributed by atoms with Gasteiger partial charge < -0.3 is 10.0 Å². The van der Waals surface area contributed by atoms with E-state index in [1.165, 1.54) is 12.1 Å². The van der Waals surface area contributed by atoms with Gasteiger partial charge in [0.25, 0.3) is 0 Å². The van der Waals surface area contributed by atoms with Crippen LogP contribution < -0.4 is 4.90 Å². The molecule has 1 aliphatic heterocycles. The first-order chi connectivity index (χ1) is 8.79. The van der Waals surface area contributed by atoms with Crippen molar-refractivity contribution in [3.8, 4) is 0 Å². The van der Waals surface area contributed by atoms with Crippen LogP contribution in [0.5, 0.6) is 0 Å². The lowest BCUT2D eigenvalue weighted by Crippen LogP contribution is -2.23. The van der Waals surface area contributed by atoms with E-state index in [0.717, 1.165) is 17.8 Å². The molecule has 19 heavy (non-hydrogen) atoms. The monoisotopic (exact) mass is 273 g/mol. The molecule has 2 rings (SSSR count). The predicted molar refractivity (Wildman–Crippen MR) is 64.5 cm³/mol. The zero-order chi connectivity index (χ0) is 14.2. The van der Waals surface area contributed by atoms with Gasteiger partial charge in [-0.2, -0.15) is 13.2 Å². The second-order valence-corrected chi connectivity index (χ2v) is 4.75. The van der Waals surface area contributed by atoms with Crippen molar-refractivity contribution >= 4 is 11.7 Å². The van der Waals surface area contributed by atoms with E-state index in [0.29, 0.717) is 6.42 Å². The quantitative estimate of drug-likeness (QED) is 0.920. The smallest absolute Gasteiger partial charge is 0.396 e. The van der Waals surface area contributed by atoms with E-state index in [4.69, 9.17) is 5.11 Å². The minimum atomic E-state index is -4.54. The number of nitrogens with zero attached hydrogens (tertiary/aromatic N) is 1. The summed E-state index contributed by atoms with van der Waals surface area (Å²) in [6.07, 6.45) is -4.79. The molecule has 0 aromatic heterocycles. The van der Waals surface area contributed by atoms with Gasteiger partial charge in [-0.25, -0.2) is 0 Å². The SMILES string of the molecule is CN1CCc2cc(C(CC(=O)O)C(F)(F)F)ccc21. The second-order valence-electron chi connectivity index (χ2n) is 4.75. The number of benzene rings is 1. The average Bonchev–Trinajstić information content (AvgIpc) is 2.66. The number of aliphatic carboxylic acids is 1. The number of alkyl halides is 3. The van der Waals surface area contributed by atoms with Crippen LogP contribution in [0.25, 0.3) is 0 Å². The van der Waals surface area contributed by atoms with Crippen LogP contribution in [0.4, 0.5) is 18.9 Å². The summed E-state index contributed by atoms with van der Waals surface area (Å²) >= 11 is 0. The normalized spacial score (nSPS) is 16.3. The third kappa shape index (κ3) is 2.83. The summed E-state index contributed by atoms with van der Waals surface area (Å²) in [4.78, 5) is 12.6. The highest BCUT2D eigenvalue weighted by molar-refractivity contribution is 5.68. The molecule has 1 aliphatic rings. The fourth-order valence-electron chi connectivity index (χ4n) is 2.40. The zero-order valence-corrected chi connectivity index (χ0v) is 10.4. The molecule has 1 heterocycles. The Kier molecular flexibility index (Phi) is 3.43. The summed E-state index contributed by atoms with van der Waals surface area (Å²) in [6, 6.07) is 4.50. The number of rotatable bonds is 3. The lowest BCUT2D eigenvalue weighted by atomic mass is 9.93. The molecule has 0 bridgehead atoms. The summed E-state index contributed by atoms with van der Waals surface area (Å²) in [5.74, 6) is -3.39.